The summed E-state index contributed by atoms with van der Waals surface area (Å²) in [5, 5.41) is 5.15. The molecule has 6 heteroatoms. The van der Waals surface area contributed by atoms with Gasteiger partial charge in [-0.15, -0.1) is 0 Å². The Hall–Kier alpha value is -1.76. The van der Waals surface area contributed by atoms with E-state index in [9.17, 15) is 12.8 Å². The van der Waals surface area contributed by atoms with E-state index < -0.39 is 15.8 Å². The summed E-state index contributed by atoms with van der Waals surface area (Å²) in [6, 6.07) is 10.6. The molecule has 0 aliphatic carbocycles. The zero-order valence-electron chi connectivity index (χ0n) is 10.0. The van der Waals surface area contributed by atoms with Gasteiger partial charge in [-0.05, 0) is 17.7 Å². The summed E-state index contributed by atoms with van der Waals surface area (Å²) in [5.74, 6) is -0.468. The van der Waals surface area contributed by atoms with E-state index in [0.717, 1.165) is 0 Å². The topological polar surface area (TPSA) is 86.2 Å². The number of sulfonamides is 1. The average Bonchev–Trinajstić information content (AvgIpc) is 2.37. The minimum absolute atomic E-state index is 0.0325. The molecule has 0 heterocycles. The van der Waals surface area contributed by atoms with Gasteiger partial charge in [-0.3, -0.25) is 0 Å². The average molecular weight is 280 g/mol. The van der Waals surface area contributed by atoms with E-state index in [1.165, 1.54) is 18.2 Å². The minimum Gasteiger partial charge on any atom is -0.326 e. The molecule has 0 bridgehead atoms. The number of nitrogens with two attached hydrogens (primary N) is 2. The fourth-order valence-electron chi connectivity index (χ4n) is 1.83. The van der Waals surface area contributed by atoms with Gasteiger partial charge in [-0.1, -0.05) is 30.3 Å². The third-order valence-corrected chi connectivity index (χ3v) is 3.75. The molecule has 19 heavy (non-hydrogen) atoms. The lowest BCUT2D eigenvalue weighted by atomic mass is 10.0. The molecule has 0 amide bonds. The van der Waals surface area contributed by atoms with Crippen molar-refractivity contribution in [2.75, 3.05) is 0 Å². The van der Waals surface area contributed by atoms with Crippen LogP contribution in [0.1, 0.15) is 5.56 Å². The zero-order chi connectivity index (χ0) is 14.0. The number of benzene rings is 2. The highest BCUT2D eigenvalue weighted by Crippen LogP contribution is 2.27. The van der Waals surface area contributed by atoms with E-state index >= 15 is 0 Å². The second-order valence-electron chi connectivity index (χ2n) is 4.05. The smallest absolute Gasteiger partial charge is 0.238 e. The number of hydrogen-bond acceptors (Lipinski definition) is 3. The lowest BCUT2D eigenvalue weighted by Gasteiger charge is -2.09. The normalized spacial score (nSPS) is 11.5. The van der Waals surface area contributed by atoms with Crippen molar-refractivity contribution in [1.82, 2.24) is 0 Å². The van der Waals surface area contributed by atoms with Gasteiger partial charge in [0.15, 0.2) is 0 Å². The first kappa shape index (κ1) is 13.7. The first-order valence-electron chi connectivity index (χ1n) is 5.54. The third kappa shape index (κ3) is 2.81. The zero-order valence-corrected chi connectivity index (χ0v) is 10.8. The molecule has 2 aromatic rings. The van der Waals surface area contributed by atoms with Crippen LogP contribution in [0.3, 0.4) is 0 Å². The van der Waals surface area contributed by atoms with E-state index in [2.05, 4.69) is 0 Å². The Kier molecular flexibility index (Phi) is 3.66. The van der Waals surface area contributed by atoms with Crippen molar-refractivity contribution < 1.29 is 12.8 Å². The van der Waals surface area contributed by atoms with E-state index in [1.807, 2.05) is 0 Å². The van der Waals surface area contributed by atoms with Crippen molar-refractivity contribution in [3.05, 3.63) is 53.8 Å². The second kappa shape index (κ2) is 5.08. The van der Waals surface area contributed by atoms with Crippen LogP contribution in [-0.2, 0) is 16.6 Å². The first-order valence-corrected chi connectivity index (χ1v) is 7.09. The van der Waals surface area contributed by atoms with Crippen LogP contribution in [0.2, 0.25) is 0 Å². The summed E-state index contributed by atoms with van der Waals surface area (Å²) in [6.45, 7) is 0.0863. The maximum absolute atomic E-state index is 13.7. The Balaban J connectivity index is 2.63. The largest absolute Gasteiger partial charge is 0.326 e. The van der Waals surface area contributed by atoms with E-state index in [1.54, 1.807) is 24.3 Å². The van der Waals surface area contributed by atoms with Gasteiger partial charge in [0, 0.05) is 17.7 Å². The van der Waals surface area contributed by atoms with Crippen LogP contribution < -0.4 is 10.9 Å². The summed E-state index contributed by atoms with van der Waals surface area (Å²) in [5.41, 5.74) is 6.57. The highest BCUT2D eigenvalue weighted by Gasteiger charge is 2.15. The molecule has 2 rings (SSSR count). The summed E-state index contributed by atoms with van der Waals surface area (Å²) >= 11 is 0. The van der Waals surface area contributed by atoms with Gasteiger partial charge in [0.25, 0.3) is 0 Å². The Morgan fingerprint density at radius 2 is 1.79 bits per heavy atom. The van der Waals surface area contributed by atoms with Crippen molar-refractivity contribution in [3.8, 4) is 11.1 Å². The Morgan fingerprint density at radius 3 is 2.37 bits per heavy atom. The van der Waals surface area contributed by atoms with Crippen molar-refractivity contribution in [2.24, 2.45) is 10.9 Å². The Labute approximate surface area is 110 Å². The first-order chi connectivity index (χ1) is 8.93. The molecule has 100 valence electrons. The van der Waals surface area contributed by atoms with E-state index in [-0.39, 0.29) is 11.4 Å². The SMILES string of the molecule is NCc1ccc(-c2ccccc2S(N)(=O)=O)cc1F. The monoisotopic (exact) mass is 280 g/mol. The third-order valence-electron chi connectivity index (χ3n) is 2.78. The quantitative estimate of drug-likeness (QED) is 0.895. The number of hydrogen-bond donors (Lipinski definition) is 2. The molecule has 0 radical (unpaired) electrons. The molecule has 4 N–H and O–H groups in total. The summed E-state index contributed by atoms with van der Waals surface area (Å²) in [4.78, 5) is -0.0325. The van der Waals surface area contributed by atoms with Gasteiger partial charge in [-0.25, -0.2) is 17.9 Å². The van der Waals surface area contributed by atoms with E-state index in [0.29, 0.717) is 16.7 Å². The molecule has 0 atom stereocenters. The van der Waals surface area contributed by atoms with Gasteiger partial charge in [0.05, 0.1) is 4.90 Å². The van der Waals surface area contributed by atoms with Crippen LogP contribution in [-0.4, -0.2) is 8.42 Å². The highest BCUT2D eigenvalue weighted by molar-refractivity contribution is 7.89. The predicted molar refractivity (Wildman–Crippen MR) is 71.1 cm³/mol. The molecule has 0 aliphatic rings. The summed E-state index contributed by atoms with van der Waals surface area (Å²) in [6.07, 6.45) is 0. The Morgan fingerprint density at radius 1 is 1.11 bits per heavy atom. The summed E-state index contributed by atoms with van der Waals surface area (Å²) in [7, 11) is -3.86. The minimum atomic E-state index is -3.86. The molecule has 0 saturated heterocycles. The van der Waals surface area contributed by atoms with Crippen LogP contribution in [0.25, 0.3) is 11.1 Å². The maximum Gasteiger partial charge on any atom is 0.238 e. The molecule has 0 aromatic heterocycles. The lowest BCUT2D eigenvalue weighted by molar-refractivity contribution is 0.597. The van der Waals surface area contributed by atoms with Crippen molar-refractivity contribution >= 4 is 10.0 Å². The van der Waals surface area contributed by atoms with Crippen LogP contribution >= 0.6 is 0 Å². The molecular formula is C13H13FN2O2S. The van der Waals surface area contributed by atoms with Gasteiger partial charge in [0.2, 0.25) is 10.0 Å². The lowest BCUT2D eigenvalue weighted by Crippen LogP contribution is -2.13. The number of primary sulfonamides is 1. The van der Waals surface area contributed by atoms with Gasteiger partial charge < -0.3 is 5.73 Å². The number of halogens is 1. The Bertz CT molecular complexity index is 714. The molecular weight excluding hydrogens is 267 g/mol. The van der Waals surface area contributed by atoms with Crippen LogP contribution in [0, 0.1) is 5.82 Å². The van der Waals surface area contributed by atoms with Crippen molar-refractivity contribution in [2.45, 2.75) is 11.4 Å². The second-order valence-corrected chi connectivity index (χ2v) is 5.58. The van der Waals surface area contributed by atoms with Gasteiger partial charge >= 0.3 is 0 Å². The summed E-state index contributed by atoms with van der Waals surface area (Å²) < 4.78 is 36.7. The molecule has 0 aliphatic heterocycles. The predicted octanol–water partition coefficient (Wildman–Crippen LogP) is 1.60. The standard InChI is InChI=1S/C13H13FN2O2S/c14-12-7-9(5-6-10(12)8-15)11-3-1-2-4-13(11)19(16,17)18/h1-7H,8,15H2,(H2,16,17,18). The number of rotatable bonds is 3. The molecule has 0 spiro atoms. The molecule has 2 aromatic carbocycles. The van der Waals surface area contributed by atoms with Crippen LogP contribution in [0.5, 0.6) is 0 Å². The maximum atomic E-state index is 13.7. The van der Waals surface area contributed by atoms with Gasteiger partial charge in [-0.2, -0.15) is 0 Å². The molecule has 0 fully saturated rings. The van der Waals surface area contributed by atoms with Crippen molar-refractivity contribution in [3.63, 3.8) is 0 Å². The van der Waals surface area contributed by atoms with Gasteiger partial charge in [0.1, 0.15) is 5.82 Å². The van der Waals surface area contributed by atoms with E-state index in [4.69, 9.17) is 10.9 Å². The van der Waals surface area contributed by atoms with Crippen LogP contribution in [0.15, 0.2) is 47.4 Å². The fraction of sp³-hybridized carbons (Fsp3) is 0.0769. The van der Waals surface area contributed by atoms with Crippen LogP contribution in [0.4, 0.5) is 4.39 Å². The fourth-order valence-corrected chi connectivity index (χ4v) is 2.59. The highest BCUT2D eigenvalue weighted by atomic mass is 32.2. The molecule has 4 nitrogen and oxygen atoms in total. The molecule has 0 unspecified atom stereocenters. The van der Waals surface area contributed by atoms with Crippen molar-refractivity contribution in [1.29, 1.82) is 0 Å². The molecule has 0 saturated carbocycles.